The summed E-state index contributed by atoms with van der Waals surface area (Å²) in [5.41, 5.74) is 7.74. The highest BCUT2D eigenvalue weighted by atomic mass is 16.1. The molecule has 0 spiro atoms. The van der Waals surface area contributed by atoms with Gasteiger partial charge in [-0.2, -0.15) is 0 Å². The van der Waals surface area contributed by atoms with Crippen LogP contribution in [-0.2, 0) is 6.54 Å². The monoisotopic (exact) mass is 374 g/mol. The number of aromatic nitrogens is 2. The molecule has 0 aliphatic carbocycles. The molecule has 5 heteroatoms. The maximum Gasteiger partial charge on any atom is 0.270 e. The second kappa shape index (κ2) is 8.21. The van der Waals surface area contributed by atoms with E-state index >= 15 is 0 Å². The zero-order valence-electron chi connectivity index (χ0n) is 17.1. The summed E-state index contributed by atoms with van der Waals surface area (Å²) >= 11 is 0. The van der Waals surface area contributed by atoms with Crippen molar-refractivity contribution in [2.75, 3.05) is 5.32 Å². The molecule has 1 amide bonds. The molecule has 2 aromatic carbocycles. The normalized spacial score (nSPS) is 10.6. The van der Waals surface area contributed by atoms with E-state index in [0.717, 1.165) is 28.1 Å². The molecule has 0 aliphatic heterocycles. The zero-order chi connectivity index (χ0) is 20.3. The summed E-state index contributed by atoms with van der Waals surface area (Å²) in [6.45, 7) is 10.5. The standard InChI is InChI=1S/C23H26N4O/c1-14-7-6-8-19(11-14)13-24-22(28)20-12-18(5)25-23(26-20)27-21-16(3)9-15(2)10-17(21)4/h6-12H,13H2,1-5H3,(H,24,28)(H,25,26,27). The maximum absolute atomic E-state index is 12.6. The van der Waals surface area contributed by atoms with Crippen LogP contribution in [-0.4, -0.2) is 15.9 Å². The van der Waals surface area contributed by atoms with Crippen molar-refractivity contribution in [1.82, 2.24) is 15.3 Å². The van der Waals surface area contributed by atoms with Crippen LogP contribution in [0.1, 0.15) is 44.0 Å². The largest absolute Gasteiger partial charge is 0.347 e. The van der Waals surface area contributed by atoms with E-state index in [1.807, 2.05) is 45.9 Å². The van der Waals surface area contributed by atoms with E-state index in [0.29, 0.717) is 18.2 Å². The fourth-order valence-electron chi connectivity index (χ4n) is 3.32. The van der Waals surface area contributed by atoms with Crippen molar-refractivity contribution in [1.29, 1.82) is 0 Å². The van der Waals surface area contributed by atoms with Gasteiger partial charge >= 0.3 is 0 Å². The van der Waals surface area contributed by atoms with Crippen molar-refractivity contribution >= 4 is 17.5 Å². The molecule has 144 valence electrons. The quantitative estimate of drug-likeness (QED) is 0.680. The molecule has 3 aromatic rings. The van der Waals surface area contributed by atoms with E-state index < -0.39 is 0 Å². The number of aryl methyl sites for hydroxylation is 5. The third-order valence-corrected chi connectivity index (χ3v) is 4.54. The number of nitrogens with one attached hydrogen (secondary N) is 2. The van der Waals surface area contributed by atoms with Gasteiger partial charge in [0.05, 0.1) is 0 Å². The molecule has 0 bridgehead atoms. The van der Waals surface area contributed by atoms with E-state index in [2.05, 4.69) is 45.7 Å². The van der Waals surface area contributed by atoms with Gasteiger partial charge in [0, 0.05) is 17.9 Å². The molecule has 0 unspecified atom stereocenters. The first-order chi connectivity index (χ1) is 13.3. The SMILES string of the molecule is Cc1cccc(CNC(=O)c2cc(C)nc(Nc3c(C)cc(C)cc3C)n2)c1. The van der Waals surface area contributed by atoms with Crippen LogP contribution in [0.3, 0.4) is 0 Å². The number of hydrogen-bond acceptors (Lipinski definition) is 4. The van der Waals surface area contributed by atoms with Crippen molar-refractivity contribution in [3.8, 4) is 0 Å². The number of anilines is 2. The smallest absolute Gasteiger partial charge is 0.270 e. The van der Waals surface area contributed by atoms with Gasteiger partial charge in [0.25, 0.3) is 5.91 Å². The van der Waals surface area contributed by atoms with Crippen LogP contribution in [0.25, 0.3) is 0 Å². The summed E-state index contributed by atoms with van der Waals surface area (Å²) in [5.74, 6) is 0.211. The summed E-state index contributed by atoms with van der Waals surface area (Å²) < 4.78 is 0. The number of benzene rings is 2. The zero-order valence-corrected chi connectivity index (χ0v) is 17.1. The van der Waals surface area contributed by atoms with Crippen molar-refractivity contribution in [2.45, 2.75) is 41.2 Å². The molecule has 0 radical (unpaired) electrons. The first-order valence-corrected chi connectivity index (χ1v) is 9.36. The lowest BCUT2D eigenvalue weighted by Crippen LogP contribution is -2.24. The highest BCUT2D eigenvalue weighted by molar-refractivity contribution is 5.92. The fraction of sp³-hybridized carbons (Fsp3) is 0.261. The molecular weight excluding hydrogens is 348 g/mol. The highest BCUT2D eigenvalue weighted by Crippen LogP contribution is 2.24. The molecule has 0 saturated heterocycles. The number of carbonyl (C=O) groups excluding carboxylic acids is 1. The molecule has 5 nitrogen and oxygen atoms in total. The summed E-state index contributed by atoms with van der Waals surface area (Å²) in [6, 6.07) is 14.0. The Hall–Kier alpha value is -3.21. The number of rotatable bonds is 5. The molecule has 1 heterocycles. The van der Waals surface area contributed by atoms with Crippen molar-refractivity contribution < 1.29 is 4.79 Å². The minimum atomic E-state index is -0.215. The Morgan fingerprint density at radius 3 is 2.29 bits per heavy atom. The number of hydrogen-bond donors (Lipinski definition) is 2. The topological polar surface area (TPSA) is 66.9 Å². The molecule has 0 fully saturated rings. The van der Waals surface area contributed by atoms with Gasteiger partial charge in [-0.3, -0.25) is 4.79 Å². The van der Waals surface area contributed by atoms with Gasteiger partial charge in [0.15, 0.2) is 0 Å². The first kappa shape index (κ1) is 19.5. The number of amides is 1. The number of carbonyl (C=O) groups is 1. The molecular formula is C23H26N4O. The first-order valence-electron chi connectivity index (χ1n) is 9.36. The van der Waals surface area contributed by atoms with Crippen LogP contribution in [0.4, 0.5) is 11.6 Å². The summed E-state index contributed by atoms with van der Waals surface area (Å²) in [7, 11) is 0. The Balaban J connectivity index is 1.78. The molecule has 0 aliphatic rings. The van der Waals surface area contributed by atoms with Gasteiger partial charge in [-0.1, -0.05) is 47.5 Å². The highest BCUT2D eigenvalue weighted by Gasteiger charge is 2.12. The van der Waals surface area contributed by atoms with Gasteiger partial charge in [0.2, 0.25) is 5.95 Å². The second-order valence-corrected chi connectivity index (χ2v) is 7.29. The van der Waals surface area contributed by atoms with E-state index in [4.69, 9.17) is 0 Å². The van der Waals surface area contributed by atoms with Crippen molar-refractivity contribution in [3.05, 3.63) is 81.7 Å². The third-order valence-electron chi connectivity index (χ3n) is 4.54. The maximum atomic E-state index is 12.6. The predicted molar refractivity (Wildman–Crippen MR) is 113 cm³/mol. The predicted octanol–water partition coefficient (Wildman–Crippen LogP) is 4.69. The van der Waals surface area contributed by atoms with E-state index in [-0.39, 0.29) is 5.91 Å². The minimum Gasteiger partial charge on any atom is -0.347 e. The second-order valence-electron chi connectivity index (χ2n) is 7.29. The number of nitrogens with zero attached hydrogens (tertiary/aromatic N) is 2. The van der Waals surface area contributed by atoms with Gasteiger partial charge in [-0.05, 0) is 57.4 Å². The Labute approximate surface area is 166 Å². The molecule has 0 atom stereocenters. The molecule has 0 saturated carbocycles. The van der Waals surface area contributed by atoms with Gasteiger partial charge in [-0.25, -0.2) is 9.97 Å². The molecule has 3 rings (SSSR count). The summed E-state index contributed by atoms with van der Waals surface area (Å²) in [6.07, 6.45) is 0. The third kappa shape index (κ3) is 4.74. The van der Waals surface area contributed by atoms with Crippen LogP contribution in [0.5, 0.6) is 0 Å². The molecule has 28 heavy (non-hydrogen) atoms. The molecule has 2 N–H and O–H groups in total. The summed E-state index contributed by atoms with van der Waals surface area (Å²) in [4.78, 5) is 21.5. The Morgan fingerprint density at radius 2 is 1.61 bits per heavy atom. The van der Waals surface area contributed by atoms with Crippen LogP contribution >= 0.6 is 0 Å². The van der Waals surface area contributed by atoms with Crippen molar-refractivity contribution in [3.63, 3.8) is 0 Å². The van der Waals surface area contributed by atoms with Crippen LogP contribution < -0.4 is 10.6 Å². The van der Waals surface area contributed by atoms with Crippen LogP contribution in [0.2, 0.25) is 0 Å². The average Bonchev–Trinajstić information content (AvgIpc) is 2.62. The lowest BCUT2D eigenvalue weighted by molar-refractivity contribution is 0.0945. The van der Waals surface area contributed by atoms with E-state index in [1.54, 1.807) is 6.07 Å². The van der Waals surface area contributed by atoms with Gasteiger partial charge in [-0.15, -0.1) is 0 Å². The minimum absolute atomic E-state index is 0.215. The molecule has 1 aromatic heterocycles. The van der Waals surface area contributed by atoms with Gasteiger partial charge in [0.1, 0.15) is 5.69 Å². The van der Waals surface area contributed by atoms with Crippen LogP contribution in [0, 0.1) is 34.6 Å². The lowest BCUT2D eigenvalue weighted by Gasteiger charge is -2.14. The van der Waals surface area contributed by atoms with Crippen molar-refractivity contribution in [2.24, 2.45) is 0 Å². The average molecular weight is 374 g/mol. The van der Waals surface area contributed by atoms with Crippen LogP contribution in [0.15, 0.2) is 42.5 Å². The Kier molecular flexibility index (Phi) is 5.73. The van der Waals surface area contributed by atoms with Gasteiger partial charge < -0.3 is 10.6 Å². The van der Waals surface area contributed by atoms with E-state index in [9.17, 15) is 4.79 Å². The Morgan fingerprint density at radius 1 is 0.893 bits per heavy atom. The fourth-order valence-corrected chi connectivity index (χ4v) is 3.32. The summed E-state index contributed by atoms with van der Waals surface area (Å²) in [5, 5.41) is 6.22. The Bertz CT molecular complexity index is 1000. The lowest BCUT2D eigenvalue weighted by atomic mass is 10.1. The van der Waals surface area contributed by atoms with E-state index in [1.165, 1.54) is 11.1 Å².